The summed E-state index contributed by atoms with van der Waals surface area (Å²) in [5, 5.41) is 3.69. The van der Waals surface area contributed by atoms with Gasteiger partial charge in [-0.3, -0.25) is 0 Å². The van der Waals surface area contributed by atoms with E-state index in [9.17, 15) is 0 Å². The Morgan fingerprint density at radius 1 is 0.905 bits per heavy atom. The van der Waals surface area contributed by atoms with Crippen molar-refractivity contribution in [1.82, 2.24) is 10.2 Å². The summed E-state index contributed by atoms with van der Waals surface area (Å²) < 4.78 is 0. The number of hydrogen-bond donors (Lipinski definition) is 1. The lowest BCUT2D eigenvalue weighted by Crippen LogP contribution is -2.48. The second kappa shape index (κ2) is 9.15. The summed E-state index contributed by atoms with van der Waals surface area (Å²) in [7, 11) is 0. The highest BCUT2D eigenvalue weighted by Crippen LogP contribution is 2.37. The molecule has 2 heteroatoms. The Bertz CT molecular complexity index is 263. The molecule has 1 N–H and O–H groups in total. The van der Waals surface area contributed by atoms with Gasteiger partial charge in [-0.1, -0.05) is 58.8 Å². The minimum absolute atomic E-state index is 0.556. The first-order valence-corrected chi connectivity index (χ1v) is 9.74. The van der Waals surface area contributed by atoms with E-state index in [1.54, 1.807) is 0 Å². The summed E-state index contributed by atoms with van der Waals surface area (Å²) in [5.74, 6) is 0. The van der Waals surface area contributed by atoms with Gasteiger partial charge in [0.15, 0.2) is 0 Å². The summed E-state index contributed by atoms with van der Waals surface area (Å²) in [6, 6.07) is 0.880. The number of nitrogens with one attached hydrogen (secondary N) is 1. The van der Waals surface area contributed by atoms with Crippen LogP contribution in [0.25, 0.3) is 0 Å². The van der Waals surface area contributed by atoms with Crippen LogP contribution in [0.15, 0.2) is 0 Å². The summed E-state index contributed by atoms with van der Waals surface area (Å²) in [6.45, 7) is 9.60. The van der Waals surface area contributed by atoms with Gasteiger partial charge in [-0.05, 0) is 44.2 Å². The van der Waals surface area contributed by atoms with E-state index in [2.05, 4.69) is 24.1 Å². The second-order valence-electron chi connectivity index (χ2n) is 7.55. The molecule has 0 bridgehead atoms. The van der Waals surface area contributed by atoms with Gasteiger partial charge in [0.2, 0.25) is 0 Å². The largest absolute Gasteiger partial charge is 0.316 e. The Balaban J connectivity index is 2.00. The van der Waals surface area contributed by atoms with E-state index >= 15 is 0 Å². The fourth-order valence-electron chi connectivity index (χ4n) is 4.64. The van der Waals surface area contributed by atoms with Gasteiger partial charge in [0, 0.05) is 19.1 Å². The van der Waals surface area contributed by atoms with Crippen LogP contribution in [0, 0.1) is 5.41 Å². The van der Waals surface area contributed by atoms with Crippen molar-refractivity contribution < 1.29 is 0 Å². The zero-order valence-electron chi connectivity index (χ0n) is 14.6. The van der Waals surface area contributed by atoms with Crippen molar-refractivity contribution in [3.8, 4) is 0 Å². The van der Waals surface area contributed by atoms with Crippen LogP contribution < -0.4 is 5.32 Å². The predicted octanol–water partition coefficient (Wildman–Crippen LogP) is 4.59. The third-order valence-corrected chi connectivity index (χ3v) is 5.95. The van der Waals surface area contributed by atoms with Crippen molar-refractivity contribution in [2.24, 2.45) is 5.41 Å². The topological polar surface area (TPSA) is 15.3 Å². The molecular formula is C19H38N2. The Kier molecular flexibility index (Phi) is 7.53. The quantitative estimate of drug-likeness (QED) is 0.691. The van der Waals surface area contributed by atoms with Gasteiger partial charge >= 0.3 is 0 Å². The van der Waals surface area contributed by atoms with Crippen LogP contribution in [0.1, 0.15) is 84.5 Å². The normalized spacial score (nSPS) is 24.1. The molecule has 124 valence electrons. The zero-order chi connectivity index (χ0) is 15.0. The third-order valence-electron chi connectivity index (χ3n) is 5.95. The molecule has 2 aliphatic rings. The minimum atomic E-state index is 0.556. The van der Waals surface area contributed by atoms with Gasteiger partial charge in [0.05, 0.1) is 0 Å². The average Bonchev–Trinajstić information content (AvgIpc) is 2.78. The number of hydrogen-bond acceptors (Lipinski definition) is 2. The van der Waals surface area contributed by atoms with Gasteiger partial charge < -0.3 is 10.2 Å². The molecule has 2 aliphatic carbocycles. The van der Waals surface area contributed by atoms with Crippen LogP contribution >= 0.6 is 0 Å². The molecule has 2 nitrogen and oxygen atoms in total. The van der Waals surface area contributed by atoms with Gasteiger partial charge in [-0.25, -0.2) is 0 Å². The molecule has 0 atom stereocenters. The standard InChI is InChI=1S/C19H38N2/c1-3-20-16-19(14-10-5-6-11-15-19)17-21(4-2)18-12-8-7-9-13-18/h18,20H,3-17H2,1-2H3. The van der Waals surface area contributed by atoms with E-state index in [0.29, 0.717) is 5.41 Å². The molecule has 0 spiro atoms. The third kappa shape index (κ3) is 5.25. The lowest BCUT2D eigenvalue weighted by molar-refractivity contribution is 0.0801. The molecule has 2 saturated carbocycles. The number of rotatable bonds is 7. The Morgan fingerprint density at radius 3 is 2.10 bits per heavy atom. The average molecular weight is 295 g/mol. The van der Waals surface area contributed by atoms with Crippen molar-refractivity contribution in [2.45, 2.75) is 90.5 Å². The Labute approximate surface area is 133 Å². The van der Waals surface area contributed by atoms with Gasteiger partial charge in [0.1, 0.15) is 0 Å². The highest BCUT2D eigenvalue weighted by molar-refractivity contribution is 4.89. The van der Waals surface area contributed by atoms with E-state index in [1.807, 2.05) is 0 Å². The monoisotopic (exact) mass is 294 g/mol. The molecule has 0 radical (unpaired) electrons. The van der Waals surface area contributed by atoms with E-state index in [1.165, 1.54) is 90.3 Å². The molecule has 0 aliphatic heterocycles. The molecule has 0 amide bonds. The summed E-state index contributed by atoms with van der Waals surface area (Å²) in [5.41, 5.74) is 0.556. The maximum atomic E-state index is 3.69. The van der Waals surface area contributed by atoms with Crippen LogP contribution in [0.2, 0.25) is 0 Å². The molecule has 2 fully saturated rings. The van der Waals surface area contributed by atoms with E-state index < -0.39 is 0 Å². The fraction of sp³-hybridized carbons (Fsp3) is 1.00. The predicted molar refractivity (Wildman–Crippen MR) is 92.8 cm³/mol. The van der Waals surface area contributed by atoms with Crippen LogP contribution in [0.4, 0.5) is 0 Å². The molecule has 0 aromatic rings. The van der Waals surface area contributed by atoms with Crippen LogP contribution in [-0.4, -0.2) is 37.1 Å². The summed E-state index contributed by atoms with van der Waals surface area (Å²) in [6.07, 6.45) is 16.0. The first-order chi connectivity index (χ1) is 10.3. The lowest BCUT2D eigenvalue weighted by Gasteiger charge is -2.42. The van der Waals surface area contributed by atoms with E-state index in [4.69, 9.17) is 0 Å². The first kappa shape index (κ1) is 17.3. The number of nitrogens with zero attached hydrogens (tertiary/aromatic N) is 1. The van der Waals surface area contributed by atoms with E-state index in [0.717, 1.165) is 12.6 Å². The van der Waals surface area contributed by atoms with Crippen molar-refractivity contribution >= 4 is 0 Å². The minimum Gasteiger partial charge on any atom is -0.316 e. The zero-order valence-corrected chi connectivity index (χ0v) is 14.6. The maximum absolute atomic E-state index is 3.69. The SMILES string of the molecule is CCNCC1(CN(CC)C2CCCCC2)CCCCCC1. The summed E-state index contributed by atoms with van der Waals surface area (Å²) >= 11 is 0. The van der Waals surface area contributed by atoms with Crippen molar-refractivity contribution in [3.63, 3.8) is 0 Å². The van der Waals surface area contributed by atoms with Crippen LogP contribution in [0.5, 0.6) is 0 Å². The Morgan fingerprint density at radius 2 is 1.52 bits per heavy atom. The molecular weight excluding hydrogens is 256 g/mol. The maximum Gasteiger partial charge on any atom is 0.00953 e. The summed E-state index contributed by atoms with van der Waals surface area (Å²) in [4.78, 5) is 2.85. The molecule has 2 rings (SSSR count). The highest BCUT2D eigenvalue weighted by atomic mass is 15.2. The molecule has 0 aromatic heterocycles. The van der Waals surface area contributed by atoms with Crippen LogP contribution in [0.3, 0.4) is 0 Å². The Hall–Kier alpha value is -0.0800. The van der Waals surface area contributed by atoms with Crippen molar-refractivity contribution in [3.05, 3.63) is 0 Å². The first-order valence-electron chi connectivity index (χ1n) is 9.74. The lowest BCUT2D eigenvalue weighted by atomic mass is 9.78. The smallest absolute Gasteiger partial charge is 0.00953 e. The highest BCUT2D eigenvalue weighted by Gasteiger charge is 2.34. The second-order valence-corrected chi connectivity index (χ2v) is 7.55. The fourth-order valence-corrected chi connectivity index (χ4v) is 4.64. The van der Waals surface area contributed by atoms with Gasteiger partial charge in [-0.15, -0.1) is 0 Å². The molecule has 21 heavy (non-hydrogen) atoms. The molecule has 0 aromatic carbocycles. The van der Waals surface area contributed by atoms with Gasteiger partial charge in [-0.2, -0.15) is 0 Å². The molecule has 0 unspecified atom stereocenters. The van der Waals surface area contributed by atoms with Gasteiger partial charge in [0.25, 0.3) is 0 Å². The van der Waals surface area contributed by atoms with Crippen molar-refractivity contribution in [1.29, 1.82) is 0 Å². The molecule has 0 saturated heterocycles. The van der Waals surface area contributed by atoms with Crippen molar-refractivity contribution in [2.75, 3.05) is 26.2 Å². The van der Waals surface area contributed by atoms with E-state index in [-0.39, 0.29) is 0 Å². The van der Waals surface area contributed by atoms with Crippen LogP contribution in [-0.2, 0) is 0 Å². The molecule has 0 heterocycles.